The van der Waals surface area contributed by atoms with E-state index in [1.54, 1.807) is 0 Å². The van der Waals surface area contributed by atoms with Crippen LogP contribution in [0, 0.1) is 0 Å². The van der Waals surface area contributed by atoms with Crippen LogP contribution in [0.3, 0.4) is 0 Å². The maximum atomic E-state index is 13.5. The van der Waals surface area contributed by atoms with Gasteiger partial charge in [0.15, 0.2) is 0 Å². The number of sulfonamides is 1. The summed E-state index contributed by atoms with van der Waals surface area (Å²) in [4.78, 5) is 29.3. The number of nitrogens with zero attached hydrogens (tertiary/aromatic N) is 1. The topological polar surface area (TPSA) is 135 Å². The Morgan fingerprint density at radius 1 is 1.33 bits per heavy atom. The summed E-state index contributed by atoms with van der Waals surface area (Å²) in [5.41, 5.74) is -0.0596. The van der Waals surface area contributed by atoms with Gasteiger partial charge in [-0.15, -0.1) is 0 Å². The number of aromatic amines is 2. The molecule has 0 saturated carbocycles. The molecule has 2 aromatic heterocycles. The summed E-state index contributed by atoms with van der Waals surface area (Å²) in [7, 11) is -3.83. The van der Waals surface area contributed by atoms with Crippen LogP contribution in [0.25, 0.3) is 21.8 Å². The van der Waals surface area contributed by atoms with E-state index in [1.807, 2.05) is 13.8 Å². The number of hydrogen-bond donors (Lipinski definition) is 4. The molecule has 0 radical (unpaired) electrons. The third-order valence-electron chi connectivity index (χ3n) is 5.59. The van der Waals surface area contributed by atoms with Crippen molar-refractivity contribution in [2.75, 3.05) is 13.1 Å². The van der Waals surface area contributed by atoms with Crippen molar-refractivity contribution in [3.8, 4) is 0 Å². The number of carboxylic acid groups (broad SMARTS) is 1. The van der Waals surface area contributed by atoms with Gasteiger partial charge >= 0.3 is 5.97 Å². The van der Waals surface area contributed by atoms with Crippen LogP contribution in [0.1, 0.15) is 37.0 Å². The van der Waals surface area contributed by atoms with Crippen LogP contribution < -0.4 is 10.9 Å². The molecule has 1 aliphatic rings. The van der Waals surface area contributed by atoms with Crippen molar-refractivity contribution in [3.63, 3.8) is 0 Å². The van der Waals surface area contributed by atoms with E-state index >= 15 is 0 Å². The molecular formula is C20H24N4O5S. The molecule has 1 aromatic carbocycles. The molecule has 1 unspecified atom stereocenters. The van der Waals surface area contributed by atoms with E-state index < -0.39 is 21.6 Å². The third kappa shape index (κ3) is 3.40. The Kier molecular flexibility index (Phi) is 5.16. The van der Waals surface area contributed by atoms with Crippen LogP contribution in [-0.2, 0) is 10.0 Å². The highest BCUT2D eigenvalue weighted by Gasteiger charge is 2.31. The SMILES string of the molecule is CC(C)N(CC1CCCN1)S(=O)(=O)c1ccc2[nH]c(=O)c3[nH]cc(C(=O)O)c3c2c1. The molecule has 3 heterocycles. The van der Waals surface area contributed by atoms with Crippen LogP contribution in [0.2, 0.25) is 0 Å². The predicted molar refractivity (Wildman–Crippen MR) is 113 cm³/mol. The Bertz CT molecular complexity index is 1290. The van der Waals surface area contributed by atoms with Crippen molar-refractivity contribution in [1.82, 2.24) is 19.6 Å². The number of carbonyl (C=O) groups is 1. The molecule has 1 aliphatic heterocycles. The van der Waals surface area contributed by atoms with E-state index in [1.165, 1.54) is 28.7 Å². The fourth-order valence-corrected chi connectivity index (χ4v) is 5.80. The van der Waals surface area contributed by atoms with Gasteiger partial charge in [-0.05, 0) is 51.4 Å². The summed E-state index contributed by atoms with van der Waals surface area (Å²) in [5, 5.41) is 13.4. The second-order valence-electron chi connectivity index (χ2n) is 7.88. The first-order valence-corrected chi connectivity index (χ1v) is 11.3. The molecule has 1 fully saturated rings. The molecule has 1 atom stereocenters. The lowest BCUT2D eigenvalue weighted by atomic mass is 10.1. The molecule has 160 valence electrons. The molecule has 1 saturated heterocycles. The molecule has 0 bridgehead atoms. The van der Waals surface area contributed by atoms with Gasteiger partial charge in [0.1, 0.15) is 5.52 Å². The summed E-state index contributed by atoms with van der Waals surface area (Å²) < 4.78 is 28.4. The molecule has 4 N–H and O–H groups in total. The first-order chi connectivity index (χ1) is 14.2. The van der Waals surface area contributed by atoms with E-state index in [2.05, 4.69) is 15.3 Å². The summed E-state index contributed by atoms with van der Waals surface area (Å²) in [6.07, 6.45) is 3.18. The minimum absolute atomic E-state index is 0.0626. The van der Waals surface area contributed by atoms with Gasteiger partial charge in [0.05, 0.1) is 10.5 Å². The van der Waals surface area contributed by atoms with Crippen molar-refractivity contribution in [2.45, 2.75) is 43.7 Å². The van der Waals surface area contributed by atoms with Crippen LogP contribution >= 0.6 is 0 Å². The zero-order chi connectivity index (χ0) is 21.6. The lowest BCUT2D eigenvalue weighted by molar-refractivity contribution is 0.0699. The molecular weight excluding hydrogens is 408 g/mol. The van der Waals surface area contributed by atoms with Crippen LogP contribution in [0.15, 0.2) is 34.1 Å². The minimum atomic E-state index is -3.83. The van der Waals surface area contributed by atoms with E-state index in [-0.39, 0.29) is 33.4 Å². The van der Waals surface area contributed by atoms with Gasteiger partial charge < -0.3 is 20.4 Å². The van der Waals surface area contributed by atoms with E-state index in [0.717, 1.165) is 19.4 Å². The smallest absolute Gasteiger partial charge is 0.337 e. The van der Waals surface area contributed by atoms with Gasteiger partial charge in [-0.25, -0.2) is 13.2 Å². The maximum Gasteiger partial charge on any atom is 0.337 e. The molecule has 4 rings (SSSR count). The van der Waals surface area contributed by atoms with Crippen molar-refractivity contribution < 1.29 is 18.3 Å². The summed E-state index contributed by atoms with van der Waals surface area (Å²) in [6, 6.07) is 4.26. The van der Waals surface area contributed by atoms with Crippen molar-refractivity contribution >= 4 is 37.8 Å². The van der Waals surface area contributed by atoms with Crippen molar-refractivity contribution in [3.05, 3.63) is 40.3 Å². The Hall–Kier alpha value is -2.69. The number of carboxylic acids is 1. The maximum absolute atomic E-state index is 13.5. The van der Waals surface area contributed by atoms with Gasteiger partial charge in [0.2, 0.25) is 10.0 Å². The highest BCUT2D eigenvalue weighted by molar-refractivity contribution is 7.89. The zero-order valence-electron chi connectivity index (χ0n) is 16.7. The lowest BCUT2D eigenvalue weighted by Gasteiger charge is -2.28. The van der Waals surface area contributed by atoms with Crippen molar-refractivity contribution in [1.29, 1.82) is 0 Å². The number of fused-ring (bicyclic) bond motifs is 3. The number of benzene rings is 1. The number of pyridine rings is 1. The first-order valence-electron chi connectivity index (χ1n) is 9.86. The predicted octanol–water partition coefficient (Wildman–Crippen LogP) is 1.86. The molecule has 0 amide bonds. The molecule has 10 heteroatoms. The average Bonchev–Trinajstić information content (AvgIpc) is 3.35. The van der Waals surface area contributed by atoms with Gasteiger partial charge in [0, 0.05) is 41.1 Å². The second kappa shape index (κ2) is 7.53. The third-order valence-corrected chi connectivity index (χ3v) is 7.63. The van der Waals surface area contributed by atoms with E-state index in [9.17, 15) is 23.1 Å². The number of rotatable bonds is 6. The molecule has 9 nitrogen and oxygen atoms in total. The fourth-order valence-electron chi connectivity index (χ4n) is 4.09. The van der Waals surface area contributed by atoms with Gasteiger partial charge in [0.25, 0.3) is 5.56 Å². The van der Waals surface area contributed by atoms with Crippen LogP contribution in [0.4, 0.5) is 0 Å². The Balaban J connectivity index is 1.88. The minimum Gasteiger partial charge on any atom is -0.478 e. The molecule has 0 spiro atoms. The number of H-pyrrole nitrogens is 2. The normalized spacial score (nSPS) is 17.5. The monoisotopic (exact) mass is 432 g/mol. The number of aromatic nitrogens is 2. The van der Waals surface area contributed by atoms with Crippen molar-refractivity contribution in [2.24, 2.45) is 0 Å². The largest absolute Gasteiger partial charge is 0.478 e. The quantitative estimate of drug-likeness (QED) is 0.469. The standard InChI is InChI=1S/C20H24N4O5S/c1-11(2)24(10-12-4-3-7-21-12)30(28,29)13-5-6-16-14(8-13)17-15(20(26)27)9-22-18(17)19(25)23-16/h5-6,8-9,11-12,21-22H,3-4,7,10H2,1-2H3,(H,23,25)(H,26,27). The Morgan fingerprint density at radius 2 is 2.10 bits per heavy atom. The van der Waals surface area contributed by atoms with Gasteiger partial charge in [-0.3, -0.25) is 4.79 Å². The summed E-state index contributed by atoms with van der Waals surface area (Å²) in [5.74, 6) is -1.20. The number of nitrogens with one attached hydrogen (secondary N) is 3. The number of aromatic carboxylic acids is 1. The summed E-state index contributed by atoms with van der Waals surface area (Å²) in [6.45, 7) is 4.91. The Morgan fingerprint density at radius 3 is 2.73 bits per heavy atom. The van der Waals surface area contributed by atoms with Gasteiger partial charge in [-0.2, -0.15) is 4.31 Å². The molecule has 30 heavy (non-hydrogen) atoms. The van der Waals surface area contributed by atoms with Gasteiger partial charge in [-0.1, -0.05) is 0 Å². The fraction of sp³-hybridized carbons (Fsp3) is 0.400. The molecule has 0 aliphatic carbocycles. The molecule has 3 aromatic rings. The zero-order valence-corrected chi connectivity index (χ0v) is 17.5. The number of hydrogen-bond acceptors (Lipinski definition) is 5. The van der Waals surface area contributed by atoms with E-state index in [0.29, 0.717) is 17.4 Å². The van der Waals surface area contributed by atoms with E-state index in [4.69, 9.17) is 0 Å². The highest BCUT2D eigenvalue weighted by Crippen LogP contribution is 2.29. The summed E-state index contributed by atoms with van der Waals surface area (Å²) >= 11 is 0. The van der Waals surface area contributed by atoms with Crippen LogP contribution in [0.5, 0.6) is 0 Å². The van der Waals surface area contributed by atoms with Crippen LogP contribution in [-0.4, -0.2) is 58.9 Å². The highest BCUT2D eigenvalue weighted by atomic mass is 32.2. The second-order valence-corrected chi connectivity index (χ2v) is 9.77. The first kappa shape index (κ1) is 20.6. The Labute approximate surface area is 173 Å². The average molecular weight is 433 g/mol. The lowest BCUT2D eigenvalue weighted by Crippen LogP contribution is -2.44.